The Morgan fingerprint density at radius 3 is 2.31 bits per heavy atom. The quantitative estimate of drug-likeness (QED) is 0.440. The Bertz CT molecular complexity index is 785. The first kappa shape index (κ1) is 20.6. The molecular weight excluding hydrogens is 347 g/mol. The number of nitrogens with zero attached hydrogens (tertiary/aromatic N) is 2. The van der Waals surface area contributed by atoms with Gasteiger partial charge in [-0.2, -0.15) is 0 Å². The van der Waals surface area contributed by atoms with Crippen LogP contribution >= 0.6 is 0 Å². The van der Waals surface area contributed by atoms with E-state index in [1.165, 1.54) is 16.7 Å². The molecule has 7 nitrogen and oxygen atoms in total. The molecule has 132 valence electrons. The second kappa shape index (κ2) is 7.52. The summed E-state index contributed by atoms with van der Waals surface area (Å²) in [4.78, 5) is 38.4. The second-order valence-electron chi connectivity index (χ2n) is 6.64. The van der Waals surface area contributed by atoms with Gasteiger partial charge in [-0.1, -0.05) is 12.1 Å². The first-order valence-electron chi connectivity index (χ1n) is 8.01. The van der Waals surface area contributed by atoms with E-state index in [2.05, 4.69) is 0 Å². The molecule has 2 amide bonds. The van der Waals surface area contributed by atoms with E-state index in [0.29, 0.717) is 23.1 Å². The molecule has 2 aliphatic rings. The van der Waals surface area contributed by atoms with E-state index in [4.69, 9.17) is 0 Å². The molecule has 8 heteroatoms. The summed E-state index contributed by atoms with van der Waals surface area (Å²) in [5, 5.41) is 21.3. The maximum absolute atomic E-state index is 12.2. The molecule has 26 heavy (non-hydrogen) atoms. The smallest absolute Gasteiger partial charge is 0.543 e. The monoisotopic (exact) mass is 366 g/mol. The molecule has 0 radical (unpaired) electrons. The van der Waals surface area contributed by atoms with Gasteiger partial charge in [0.05, 0.1) is 29.7 Å². The normalized spacial score (nSPS) is 22.3. The number of β-lactam (4-membered cyclic amide) rings is 1. The zero-order chi connectivity index (χ0) is 18.5. The maximum atomic E-state index is 12.2. The van der Waals surface area contributed by atoms with E-state index in [-0.39, 0.29) is 47.2 Å². The summed E-state index contributed by atoms with van der Waals surface area (Å²) >= 11 is 0. The molecule has 0 saturated carbocycles. The molecule has 1 aromatic carbocycles. The number of amides is 2. The predicted molar refractivity (Wildman–Crippen MR) is 86.8 cm³/mol. The number of carbonyl (C=O) groups excluding carboxylic acids is 3. The first-order chi connectivity index (χ1) is 11.7. The molecule has 3 atom stereocenters. The number of fused-ring (bicyclic) bond motifs is 1. The number of aliphatic carboxylic acids is 1. The van der Waals surface area contributed by atoms with Crippen LogP contribution < -0.4 is 34.7 Å². The van der Waals surface area contributed by atoms with Gasteiger partial charge < -0.3 is 24.8 Å². The van der Waals surface area contributed by atoms with Gasteiger partial charge in [0.1, 0.15) is 0 Å². The van der Waals surface area contributed by atoms with Crippen molar-refractivity contribution in [3.05, 3.63) is 41.1 Å². The number of hydrogen-bond donors (Lipinski definition) is 1. The van der Waals surface area contributed by atoms with Crippen molar-refractivity contribution in [2.24, 2.45) is 5.92 Å². The van der Waals surface area contributed by atoms with Crippen LogP contribution in [-0.2, 0) is 9.59 Å². The molecular formula is C18H19N2NaO5. The van der Waals surface area contributed by atoms with Crippen LogP contribution in [0.15, 0.2) is 30.0 Å². The van der Waals surface area contributed by atoms with Crippen LogP contribution in [-0.4, -0.2) is 58.9 Å². The number of aliphatic hydroxyl groups excluding tert-OH is 1. The van der Waals surface area contributed by atoms with Crippen molar-refractivity contribution < 1.29 is 54.2 Å². The van der Waals surface area contributed by atoms with Crippen molar-refractivity contribution in [3.8, 4) is 0 Å². The van der Waals surface area contributed by atoms with Crippen molar-refractivity contribution in [3.63, 3.8) is 0 Å². The average molecular weight is 366 g/mol. The van der Waals surface area contributed by atoms with Gasteiger partial charge in [0.25, 0.3) is 5.91 Å². The molecule has 1 N–H and O–H groups in total. The van der Waals surface area contributed by atoms with Crippen LogP contribution in [0.3, 0.4) is 0 Å². The number of aliphatic hydroxyl groups is 1. The molecule has 1 aromatic rings. The number of rotatable bonds is 4. The number of carboxylic acids is 1. The molecule has 0 bridgehead atoms. The zero-order valence-electron chi connectivity index (χ0n) is 15.2. The number of carbonyl (C=O) groups is 3. The third-order valence-corrected chi connectivity index (χ3v) is 4.81. The molecule has 0 aliphatic carbocycles. The predicted octanol–water partition coefficient (Wildman–Crippen LogP) is -3.54. The molecule has 3 rings (SSSR count). The average Bonchev–Trinajstić information content (AvgIpc) is 2.89. The fourth-order valence-electron chi connectivity index (χ4n) is 3.59. The fraction of sp³-hybridized carbons (Fsp3) is 0.389. The van der Waals surface area contributed by atoms with E-state index in [1.54, 1.807) is 38.4 Å². The van der Waals surface area contributed by atoms with E-state index in [0.717, 1.165) is 0 Å². The molecule has 0 aromatic heterocycles. The van der Waals surface area contributed by atoms with E-state index >= 15 is 0 Å². The summed E-state index contributed by atoms with van der Waals surface area (Å²) in [5.41, 5.74) is 1.47. The van der Waals surface area contributed by atoms with E-state index in [9.17, 15) is 24.6 Å². The van der Waals surface area contributed by atoms with E-state index < -0.39 is 23.9 Å². The van der Waals surface area contributed by atoms with Gasteiger partial charge in [0, 0.05) is 19.7 Å². The Morgan fingerprint density at radius 1 is 1.27 bits per heavy atom. The molecule has 2 heterocycles. The summed E-state index contributed by atoms with van der Waals surface area (Å²) in [6, 6.07) is 6.23. The van der Waals surface area contributed by atoms with Crippen LogP contribution in [0.2, 0.25) is 0 Å². The largest absolute Gasteiger partial charge is 1.00 e. The van der Waals surface area contributed by atoms with Crippen molar-refractivity contribution in [2.45, 2.75) is 25.5 Å². The van der Waals surface area contributed by atoms with Gasteiger partial charge in [0.2, 0.25) is 5.91 Å². The number of carboxylic acid groups (broad SMARTS) is 1. The standard InChI is InChI=1S/C18H20N2O5.Na/c1-9(21)14-13-8-12(15(18(24)25)20(13)17(14)23)10-4-6-11(7-5-10)16(22)19(2)3;/h4-7,9,13-14,21H,8H2,1-3H3,(H,24,25);/q;+1/p-1/t9-,13-,14-;/m1./s1. The van der Waals surface area contributed by atoms with Crippen molar-refractivity contribution in [1.82, 2.24) is 9.80 Å². The van der Waals surface area contributed by atoms with Gasteiger partial charge in [0.15, 0.2) is 0 Å². The van der Waals surface area contributed by atoms with Crippen molar-refractivity contribution in [1.29, 1.82) is 0 Å². The van der Waals surface area contributed by atoms with Crippen LogP contribution in [0.25, 0.3) is 5.57 Å². The van der Waals surface area contributed by atoms with Gasteiger partial charge in [-0.05, 0) is 36.6 Å². The molecule has 0 spiro atoms. The fourth-order valence-corrected chi connectivity index (χ4v) is 3.59. The Morgan fingerprint density at radius 2 is 1.85 bits per heavy atom. The van der Waals surface area contributed by atoms with Gasteiger partial charge in [-0.15, -0.1) is 0 Å². The Balaban J connectivity index is 0.00000243. The second-order valence-corrected chi connectivity index (χ2v) is 6.64. The Kier molecular flexibility index (Phi) is 5.97. The molecule has 0 unspecified atom stereocenters. The summed E-state index contributed by atoms with van der Waals surface area (Å²) in [7, 11) is 3.30. The summed E-state index contributed by atoms with van der Waals surface area (Å²) in [6.45, 7) is 1.53. The third-order valence-electron chi connectivity index (χ3n) is 4.81. The van der Waals surface area contributed by atoms with Crippen LogP contribution in [0.1, 0.15) is 29.3 Å². The minimum atomic E-state index is -1.41. The summed E-state index contributed by atoms with van der Waals surface area (Å²) < 4.78 is 0. The molecule has 2 aliphatic heterocycles. The van der Waals surface area contributed by atoms with Crippen molar-refractivity contribution >= 4 is 23.4 Å². The topological polar surface area (TPSA) is 101 Å². The minimum Gasteiger partial charge on any atom is -0.543 e. The molecule has 1 fully saturated rings. The van der Waals surface area contributed by atoms with Gasteiger partial charge in [-0.3, -0.25) is 9.59 Å². The van der Waals surface area contributed by atoms with Gasteiger partial charge >= 0.3 is 29.6 Å². The zero-order valence-corrected chi connectivity index (χ0v) is 17.2. The summed E-state index contributed by atoms with van der Waals surface area (Å²) in [6.07, 6.45) is -0.498. The van der Waals surface area contributed by atoms with Gasteiger partial charge in [-0.25, -0.2) is 0 Å². The SMILES string of the molecule is C[C@@H](O)[C@H]1C(=O)N2C(C(=O)[O-])=C(c3ccc(C(=O)N(C)C)cc3)C[C@H]12.[Na+]. The molecule has 1 saturated heterocycles. The Hall–Kier alpha value is -1.67. The first-order valence-corrected chi connectivity index (χ1v) is 8.01. The van der Waals surface area contributed by atoms with Crippen LogP contribution in [0.4, 0.5) is 0 Å². The Labute approximate surface area is 173 Å². The third kappa shape index (κ3) is 3.20. The minimum absolute atomic E-state index is 0. The van der Waals surface area contributed by atoms with E-state index in [1.807, 2.05) is 0 Å². The number of hydrogen-bond acceptors (Lipinski definition) is 5. The van der Waals surface area contributed by atoms with Crippen molar-refractivity contribution in [2.75, 3.05) is 14.1 Å². The maximum Gasteiger partial charge on any atom is 1.00 e. The van der Waals surface area contributed by atoms with Crippen LogP contribution in [0, 0.1) is 5.92 Å². The summed E-state index contributed by atoms with van der Waals surface area (Å²) in [5.74, 6) is -2.56. The van der Waals surface area contributed by atoms with Crippen LogP contribution in [0.5, 0.6) is 0 Å². The number of benzene rings is 1.